The molecule has 1 N–H and O–H groups in total. The number of nitrogens with one attached hydrogen (secondary N) is 1. The van der Waals surface area contributed by atoms with Crippen molar-refractivity contribution in [2.45, 2.75) is 44.6 Å². The van der Waals surface area contributed by atoms with Crippen LogP contribution in [0.1, 0.15) is 38.5 Å². The summed E-state index contributed by atoms with van der Waals surface area (Å²) in [5.74, 6) is 0.615. The molecule has 0 aromatic carbocycles. The molecule has 0 bridgehead atoms. The second-order valence-electron chi connectivity index (χ2n) is 4.93. The molecule has 94 valence electrons. The summed E-state index contributed by atoms with van der Waals surface area (Å²) in [6.07, 6.45) is 7.39. The van der Waals surface area contributed by atoms with Crippen molar-refractivity contribution in [3.8, 4) is 0 Å². The van der Waals surface area contributed by atoms with Crippen molar-refractivity contribution in [2.75, 3.05) is 20.1 Å². The zero-order valence-electron chi connectivity index (χ0n) is 10.1. The molecular formula is C12H23ClN2O. The first kappa shape index (κ1) is 13.8. The largest absolute Gasteiger partial charge is 0.342 e. The monoisotopic (exact) mass is 246 g/mol. The minimum atomic E-state index is 0. The lowest BCUT2D eigenvalue weighted by Gasteiger charge is -2.32. The van der Waals surface area contributed by atoms with Gasteiger partial charge in [-0.05, 0) is 25.8 Å². The van der Waals surface area contributed by atoms with E-state index >= 15 is 0 Å². The van der Waals surface area contributed by atoms with Gasteiger partial charge >= 0.3 is 0 Å². The molecule has 0 aromatic heterocycles. The summed E-state index contributed by atoms with van der Waals surface area (Å²) < 4.78 is 0. The van der Waals surface area contributed by atoms with E-state index in [2.05, 4.69) is 5.32 Å². The average Bonchev–Trinajstić information content (AvgIpc) is 2.82. The first-order valence-corrected chi connectivity index (χ1v) is 6.26. The molecule has 0 radical (unpaired) electrons. The second-order valence-corrected chi connectivity index (χ2v) is 4.93. The number of nitrogens with zero attached hydrogens (tertiary/aromatic N) is 1. The van der Waals surface area contributed by atoms with Gasteiger partial charge in [0.05, 0.1) is 5.92 Å². The molecule has 1 aliphatic carbocycles. The smallest absolute Gasteiger partial charge is 0.227 e. The van der Waals surface area contributed by atoms with E-state index in [9.17, 15) is 4.79 Å². The lowest BCUT2D eigenvalue weighted by Crippen LogP contribution is -2.42. The molecular weight excluding hydrogens is 224 g/mol. The van der Waals surface area contributed by atoms with Crippen LogP contribution in [0.5, 0.6) is 0 Å². The van der Waals surface area contributed by atoms with Crippen molar-refractivity contribution in [2.24, 2.45) is 5.92 Å². The van der Waals surface area contributed by atoms with Gasteiger partial charge in [-0.2, -0.15) is 0 Å². The zero-order chi connectivity index (χ0) is 10.7. The third kappa shape index (κ3) is 3.11. The molecule has 3 nitrogen and oxygen atoms in total. The number of halogens is 1. The van der Waals surface area contributed by atoms with E-state index in [0.717, 1.165) is 19.5 Å². The summed E-state index contributed by atoms with van der Waals surface area (Å²) in [6.45, 7) is 1.89. The molecule has 0 aromatic rings. The Morgan fingerprint density at radius 1 is 1.19 bits per heavy atom. The number of rotatable bonds is 2. The van der Waals surface area contributed by atoms with Gasteiger partial charge in [0, 0.05) is 19.6 Å². The van der Waals surface area contributed by atoms with Crippen molar-refractivity contribution in [1.29, 1.82) is 0 Å². The van der Waals surface area contributed by atoms with Gasteiger partial charge in [-0.1, -0.05) is 19.3 Å². The molecule has 2 aliphatic rings. The maximum atomic E-state index is 12.1. The summed E-state index contributed by atoms with van der Waals surface area (Å²) >= 11 is 0. The Labute approximate surface area is 104 Å². The van der Waals surface area contributed by atoms with E-state index in [-0.39, 0.29) is 18.3 Å². The zero-order valence-corrected chi connectivity index (χ0v) is 10.9. The third-order valence-corrected chi connectivity index (χ3v) is 3.88. The summed E-state index contributed by atoms with van der Waals surface area (Å²) in [5.41, 5.74) is 0. The van der Waals surface area contributed by atoms with Gasteiger partial charge in [0.25, 0.3) is 0 Å². The Kier molecular flexibility index (Phi) is 5.56. The summed E-state index contributed by atoms with van der Waals surface area (Å²) in [5, 5.41) is 3.26. The Bertz CT molecular complexity index is 223. The minimum absolute atomic E-state index is 0. The van der Waals surface area contributed by atoms with Crippen LogP contribution in [-0.4, -0.2) is 37.0 Å². The van der Waals surface area contributed by atoms with Crippen LogP contribution in [0.4, 0.5) is 0 Å². The van der Waals surface area contributed by atoms with E-state index in [1.54, 1.807) is 0 Å². The fourth-order valence-electron chi connectivity index (χ4n) is 2.80. The highest BCUT2D eigenvalue weighted by Crippen LogP contribution is 2.23. The predicted molar refractivity (Wildman–Crippen MR) is 67.9 cm³/mol. The van der Waals surface area contributed by atoms with Crippen LogP contribution in [-0.2, 0) is 4.79 Å². The van der Waals surface area contributed by atoms with Gasteiger partial charge in [0.2, 0.25) is 5.91 Å². The standard InChI is InChI=1S/C12H22N2O.ClH/c1-14(11-5-3-2-4-6-11)12(15)10-7-8-13-9-10;/h10-11,13H,2-9H2,1H3;1H/t10-;/m0./s1. The molecule has 16 heavy (non-hydrogen) atoms. The van der Waals surface area contributed by atoms with Crippen LogP contribution in [0, 0.1) is 5.92 Å². The van der Waals surface area contributed by atoms with E-state index < -0.39 is 0 Å². The molecule has 0 spiro atoms. The lowest BCUT2D eigenvalue weighted by molar-refractivity contribution is -0.136. The van der Waals surface area contributed by atoms with Gasteiger partial charge in [0.15, 0.2) is 0 Å². The number of amides is 1. The Hall–Kier alpha value is -0.280. The molecule has 4 heteroatoms. The number of hydrogen-bond acceptors (Lipinski definition) is 2. The van der Waals surface area contributed by atoms with Crippen LogP contribution in [0.2, 0.25) is 0 Å². The van der Waals surface area contributed by atoms with Crippen molar-refractivity contribution in [3.05, 3.63) is 0 Å². The maximum absolute atomic E-state index is 12.1. The van der Waals surface area contributed by atoms with Crippen molar-refractivity contribution in [1.82, 2.24) is 10.2 Å². The summed E-state index contributed by atoms with van der Waals surface area (Å²) in [7, 11) is 2.00. The first-order chi connectivity index (χ1) is 7.29. The van der Waals surface area contributed by atoms with Gasteiger partial charge in [-0.15, -0.1) is 12.4 Å². The van der Waals surface area contributed by atoms with Gasteiger partial charge < -0.3 is 10.2 Å². The quantitative estimate of drug-likeness (QED) is 0.806. The third-order valence-electron chi connectivity index (χ3n) is 3.88. The normalized spacial score (nSPS) is 26.2. The number of carbonyl (C=O) groups is 1. The highest BCUT2D eigenvalue weighted by atomic mass is 35.5. The molecule has 1 heterocycles. The first-order valence-electron chi connectivity index (χ1n) is 6.26. The highest BCUT2D eigenvalue weighted by Gasteiger charge is 2.29. The lowest BCUT2D eigenvalue weighted by atomic mass is 9.93. The van der Waals surface area contributed by atoms with Crippen LogP contribution < -0.4 is 5.32 Å². The van der Waals surface area contributed by atoms with E-state index in [4.69, 9.17) is 0 Å². The van der Waals surface area contributed by atoms with Crippen LogP contribution in [0.3, 0.4) is 0 Å². The van der Waals surface area contributed by atoms with E-state index in [1.807, 2.05) is 11.9 Å². The topological polar surface area (TPSA) is 32.3 Å². The molecule has 1 saturated heterocycles. The molecule has 1 aliphatic heterocycles. The SMILES string of the molecule is CN(C(=O)[C@H]1CCNC1)C1CCCCC1.Cl. The average molecular weight is 247 g/mol. The molecule has 2 fully saturated rings. The number of hydrogen-bond donors (Lipinski definition) is 1. The molecule has 1 atom stereocenters. The molecule has 2 rings (SSSR count). The van der Waals surface area contributed by atoms with E-state index in [0.29, 0.717) is 11.9 Å². The van der Waals surface area contributed by atoms with E-state index in [1.165, 1.54) is 32.1 Å². The molecule has 0 unspecified atom stereocenters. The highest BCUT2D eigenvalue weighted by molar-refractivity contribution is 5.85. The van der Waals surface area contributed by atoms with Gasteiger partial charge in [-0.25, -0.2) is 0 Å². The summed E-state index contributed by atoms with van der Waals surface area (Å²) in [6, 6.07) is 0.520. The Morgan fingerprint density at radius 3 is 2.44 bits per heavy atom. The minimum Gasteiger partial charge on any atom is -0.342 e. The predicted octanol–water partition coefficient (Wildman–Crippen LogP) is 1.81. The fraction of sp³-hybridized carbons (Fsp3) is 0.917. The Morgan fingerprint density at radius 2 is 1.88 bits per heavy atom. The van der Waals surface area contributed by atoms with Gasteiger partial charge in [-0.3, -0.25) is 4.79 Å². The second kappa shape index (κ2) is 6.45. The molecule has 1 saturated carbocycles. The van der Waals surface area contributed by atoms with Crippen LogP contribution in [0.15, 0.2) is 0 Å². The number of carbonyl (C=O) groups excluding carboxylic acids is 1. The van der Waals surface area contributed by atoms with Crippen molar-refractivity contribution in [3.63, 3.8) is 0 Å². The summed E-state index contributed by atoms with van der Waals surface area (Å²) in [4.78, 5) is 14.2. The fourth-order valence-corrected chi connectivity index (χ4v) is 2.80. The molecule has 1 amide bonds. The maximum Gasteiger partial charge on any atom is 0.227 e. The van der Waals surface area contributed by atoms with Crippen LogP contribution >= 0.6 is 12.4 Å². The Balaban J connectivity index is 0.00000128. The van der Waals surface area contributed by atoms with Crippen molar-refractivity contribution < 1.29 is 4.79 Å². The van der Waals surface area contributed by atoms with Gasteiger partial charge in [0.1, 0.15) is 0 Å². The van der Waals surface area contributed by atoms with Crippen molar-refractivity contribution >= 4 is 18.3 Å². The van der Waals surface area contributed by atoms with Crippen LogP contribution in [0.25, 0.3) is 0 Å².